The first kappa shape index (κ1) is 22.7. The third-order valence-electron chi connectivity index (χ3n) is 5.88. The molecule has 0 radical (unpaired) electrons. The lowest BCUT2D eigenvalue weighted by Crippen LogP contribution is -2.40. The molecule has 2 amide bonds. The van der Waals surface area contributed by atoms with Gasteiger partial charge in [-0.3, -0.25) is 9.59 Å². The van der Waals surface area contributed by atoms with Gasteiger partial charge in [0.2, 0.25) is 5.91 Å². The van der Waals surface area contributed by atoms with Crippen molar-refractivity contribution in [2.45, 2.75) is 32.1 Å². The lowest BCUT2D eigenvalue weighted by molar-refractivity contribution is -0.132. The highest BCUT2D eigenvalue weighted by atomic mass is 16.5. The average Bonchev–Trinajstić information content (AvgIpc) is 2.83. The molecular formula is C25H32N2O4. The predicted molar refractivity (Wildman–Crippen MR) is 121 cm³/mol. The van der Waals surface area contributed by atoms with E-state index in [1.807, 2.05) is 29.2 Å². The van der Waals surface area contributed by atoms with Crippen LogP contribution in [0.2, 0.25) is 0 Å². The summed E-state index contributed by atoms with van der Waals surface area (Å²) < 4.78 is 10.7. The van der Waals surface area contributed by atoms with Crippen LogP contribution >= 0.6 is 0 Å². The molecular weight excluding hydrogens is 392 g/mol. The van der Waals surface area contributed by atoms with Crippen molar-refractivity contribution < 1.29 is 19.1 Å². The molecule has 2 aromatic carbocycles. The van der Waals surface area contributed by atoms with Crippen LogP contribution in [0.5, 0.6) is 11.5 Å². The van der Waals surface area contributed by atoms with E-state index >= 15 is 0 Å². The predicted octanol–water partition coefficient (Wildman–Crippen LogP) is 3.70. The number of hydrogen-bond acceptors (Lipinski definition) is 4. The number of aryl methyl sites for hydroxylation is 1. The number of ether oxygens (including phenoxy) is 2. The maximum atomic E-state index is 12.5. The van der Waals surface area contributed by atoms with Gasteiger partial charge >= 0.3 is 0 Å². The molecule has 1 N–H and O–H groups in total. The van der Waals surface area contributed by atoms with E-state index in [0.717, 1.165) is 50.3 Å². The molecule has 0 unspecified atom stereocenters. The molecule has 0 bridgehead atoms. The molecule has 0 aromatic heterocycles. The van der Waals surface area contributed by atoms with E-state index in [9.17, 15) is 9.59 Å². The summed E-state index contributed by atoms with van der Waals surface area (Å²) in [6.45, 7) is 1.94. The van der Waals surface area contributed by atoms with Crippen molar-refractivity contribution >= 4 is 11.8 Å². The van der Waals surface area contributed by atoms with E-state index in [-0.39, 0.29) is 11.8 Å². The van der Waals surface area contributed by atoms with Crippen molar-refractivity contribution in [2.24, 2.45) is 5.92 Å². The summed E-state index contributed by atoms with van der Waals surface area (Å²) in [5, 5.41) is 2.83. The number of likely N-dealkylation sites (tertiary alicyclic amines) is 1. The molecule has 166 valence electrons. The third kappa shape index (κ3) is 6.74. The van der Waals surface area contributed by atoms with Gasteiger partial charge in [-0.2, -0.15) is 0 Å². The quantitative estimate of drug-likeness (QED) is 0.667. The number of nitrogens with one attached hydrogen (secondary N) is 1. The number of hydrogen-bond donors (Lipinski definition) is 1. The zero-order valence-corrected chi connectivity index (χ0v) is 18.4. The Morgan fingerprint density at radius 2 is 1.65 bits per heavy atom. The summed E-state index contributed by atoms with van der Waals surface area (Å²) in [7, 11) is 3.33. The third-order valence-corrected chi connectivity index (χ3v) is 5.88. The molecule has 2 aromatic rings. The first-order chi connectivity index (χ1) is 15.1. The minimum atomic E-state index is -0.138. The second kappa shape index (κ2) is 11.4. The molecule has 1 fully saturated rings. The number of nitrogens with zero attached hydrogens (tertiary/aromatic N) is 1. The van der Waals surface area contributed by atoms with Gasteiger partial charge in [0.1, 0.15) is 11.5 Å². The van der Waals surface area contributed by atoms with Crippen molar-refractivity contribution in [3.63, 3.8) is 0 Å². The van der Waals surface area contributed by atoms with E-state index < -0.39 is 0 Å². The van der Waals surface area contributed by atoms with Gasteiger partial charge in [-0.05, 0) is 61.4 Å². The number of methoxy groups -OCH3 is 2. The molecule has 1 saturated heterocycles. The average molecular weight is 425 g/mol. The highest BCUT2D eigenvalue weighted by Crippen LogP contribution is 2.27. The summed E-state index contributed by atoms with van der Waals surface area (Å²) >= 11 is 0. The standard InChI is InChI=1S/C25H32N2O4/c1-30-22-16-20(17-23(18-22)31-2)9-8-19-11-14-27(15-12-19)24(28)10-13-26-25(29)21-6-4-3-5-7-21/h3-7,16-19H,8-15H2,1-2H3,(H,26,29). The Bertz CT molecular complexity index is 839. The Hall–Kier alpha value is -3.02. The lowest BCUT2D eigenvalue weighted by Gasteiger charge is -2.32. The summed E-state index contributed by atoms with van der Waals surface area (Å²) in [5.74, 6) is 2.22. The molecule has 0 spiro atoms. The van der Waals surface area contributed by atoms with Crippen molar-refractivity contribution in [3.05, 3.63) is 59.7 Å². The largest absolute Gasteiger partial charge is 0.497 e. The van der Waals surface area contributed by atoms with E-state index in [0.29, 0.717) is 24.4 Å². The Kier molecular flexibility index (Phi) is 8.33. The van der Waals surface area contributed by atoms with Gasteiger partial charge in [-0.25, -0.2) is 0 Å². The Balaban J connectivity index is 1.37. The number of rotatable bonds is 9. The minimum absolute atomic E-state index is 0.115. The molecule has 1 aliphatic heterocycles. The zero-order chi connectivity index (χ0) is 22.1. The molecule has 6 heteroatoms. The topological polar surface area (TPSA) is 67.9 Å². The Morgan fingerprint density at radius 1 is 1.00 bits per heavy atom. The van der Waals surface area contributed by atoms with Gasteiger partial charge in [0.15, 0.2) is 0 Å². The number of amides is 2. The maximum absolute atomic E-state index is 12.5. The molecule has 0 atom stereocenters. The molecule has 0 saturated carbocycles. The Morgan fingerprint density at radius 3 is 2.26 bits per heavy atom. The van der Waals surface area contributed by atoms with Crippen LogP contribution in [0.15, 0.2) is 48.5 Å². The van der Waals surface area contributed by atoms with Gasteiger partial charge in [0.25, 0.3) is 5.91 Å². The zero-order valence-electron chi connectivity index (χ0n) is 18.4. The van der Waals surface area contributed by atoms with Gasteiger partial charge in [0.05, 0.1) is 14.2 Å². The fraction of sp³-hybridized carbons (Fsp3) is 0.440. The van der Waals surface area contributed by atoms with Crippen LogP contribution < -0.4 is 14.8 Å². The van der Waals surface area contributed by atoms with E-state index in [4.69, 9.17) is 9.47 Å². The highest BCUT2D eigenvalue weighted by Gasteiger charge is 2.22. The minimum Gasteiger partial charge on any atom is -0.497 e. The van der Waals surface area contributed by atoms with Crippen LogP contribution in [0.1, 0.15) is 41.6 Å². The van der Waals surface area contributed by atoms with Gasteiger partial charge in [0, 0.05) is 37.7 Å². The molecule has 1 aliphatic rings. The first-order valence-corrected chi connectivity index (χ1v) is 10.9. The molecule has 31 heavy (non-hydrogen) atoms. The summed E-state index contributed by atoms with van der Waals surface area (Å²) in [6, 6.07) is 15.1. The number of carbonyl (C=O) groups is 2. The smallest absolute Gasteiger partial charge is 0.251 e. The molecule has 3 rings (SSSR count). The number of piperidine rings is 1. The summed E-state index contributed by atoms with van der Waals surface area (Å²) in [4.78, 5) is 26.5. The van der Waals surface area contributed by atoms with Crippen LogP contribution in [0.3, 0.4) is 0 Å². The van der Waals surface area contributed by atoms with Crippen molar-refractivity contribution in [1.29, 1.82) is 0 Å². The molecule has 1 heterocycles. The van der Waals surface area contributed by atoms with Crippen LogP contribution in [-0.4, -0.2) is 50.6 Å². The fourth-order valence-corrected chi connectivity index (χ4v) is 3.99. The number of benzene rings is 2. The first-order valence-electron chi connectivity index (χ1n) is 10.9. The van der Waals surface area contributed by atoms with Gasteiger partial charge < -0.3 is 19.7 Å². The number of carbonyl (C=O) groups excluding carboxylic acids is 2. The second-order valence-electron chi connectivity index (χ2n) is 7.96. The van der Waals surface area contributed by atoms with E-state index in [2.05, 4.69) is 17.4 Å². The van der Waals surface area contributed by atoms with Crippen LogP contribution in [0.25, 0.3) is 0 Å². The SMILES string of the molecule is COc1cc(CCC2CCN(C(=O)CCNC(=O)c3ccccc3)CC2)cc(OC)c1. The highest BCUT2D eigenvalue weighted by molar-refractivity contribution is 5.94. The maximum Gasteiger partial charge on any atom is 0.251 e. The van der Waals surface area contributed by atoms with Gasteiger partial charge in [-0.1, -0.05) is 18.2 Å². The second-order valence-corrected chi connectivity index (χ2v) is 7.96. The molecule has 6 nitrogen and oxygen atoms in total. The monoisotopic (exact) mass is 424 g/mol. The van der Waals surface area contributed by atoms with Crippen LogP contribution in [0.4, 0.5) is 0 Å². The molecule has 0 aliphatic carbocycles. The summed E-state index contributed by atoms with van der Waals surface area (Å²) in [6.07, 6.45) is 4.43. The Labute approximate surface area is 184 Å². The van der Waals surface area contributed by atoms with Crippen molar-refractivity contribution in [1.82, 2.24) is 10.2 Å². The normalized spacial score (nSPS) is 14.2. The van der Waals surface area contributed by atoms with Crippen molar-refractivity contribution in [2.75, 3.05) is 33.9 Å². The van der Waals surface area contributed by atoms with Crippen LogP contribution in [0, 0.1) is 5.92 Å². The fourth-order valence-electron chi connectivity index (χ4n) is 3.99. The van der Waals surface area contributed by atoms with Crippen LogP contribution in [-0.2, 0) is 11.2 Å². The lowest BCUT2D eigenvalue weighted by atomic mass is 9.90. The van der Waals surface area contributed by atoms with Crippen molar-refractivity contribution in [3.8, 4) is 11.5 Å². The van der Waals surface area contributed by atoms with E-state index in [1.54, 1.807) is 26.4 Å². The van der Waals surface area contributed by atoms with Gasteiger partial charge in [-0.15, -0.1) is 0 Å². The summed E-state index contributed by atoms with van der Waals surface area (Å²) in [5.41, 5.74) is 1.83. The van der Waals surface area contributed by atoms with E-state index in [1.165, 1.54) is 5.56 Å².